The molecule has 10 heteroatoms. The molecule has 0 aliphatic carbocycles. The summed E-state index contributed by atoms with van der Waals surface area (Å²) in [7, 11) is 0. The minimum absolute atomic E-state index is 0.0134. The Morgan fingerprint density at radius 2 is 2.08 bits per heavy atom. The van der Waals surface area contributed by atoms with Crippen LogP contribution >= 0.6 is 23.2 Å². The summed E-state index contributed by atoms with van der Waals surface area (Å²) < 4.78 is 1.30. The molecule has 24 heavy (non-hydrogen) atoms. The average molecular weight is 372 g/mol. The summed E-state index contributed by atoms with van der Waals surface area (Å²) in [6.45, 7) is 2.28. The monoisotopic (exact) mass is 371 g/mol. The summed E-state index contributed by atoms with van der Waals surface area (Å²) in [4.78, 5) is 22.2. The van der Waals surface area contributed by atoms with E-state index in [-0.39, 0.29) is 39.1 Å². The smallest absolute Gasteiger partial charge is 0.272 e. The van der Waals surface area contributed by atoms with Crippen molar-refractivity contribution in [1.82, 2.24) is 15.1 Å². The molecule has 0 saturated heterocycles. The number of benzene rings is 1. The summed E-state index contributed by atoms with van der Waals surface area (Å²) in [6, 6.07) is 3.83. The van der Waals surface area contributed by atoms with Gasteiger partial charge in [0.1, 0.15) is 5.69 Å². The van der Waals surface area contributed by atoms with E-state index in [0.717, 1.165) is 0 Å². The third-order valence-corrected chi connectivity index (χ3v) is 3.72. The number of carbonyl (C=O) groups is 1. The van der Waals surface area contributed by atoms with Crippen LogP contribution in [0.4, 0.5) is 5.69 Å². The van der Waals surface area contributed by atoms with E-state index in [9.17, 15) is 14.9 Å². The lowest BCUT2D eigenvalue weighted by Gasteiger charge is -2.07. The van der Waals surface area contributed by atoms with E-state index in [2.05, 4.69) is 10.4 Å². The van der Waals surface area contributed by atoms with Crippen molar-refractivity contribution in [2.24, 2.45) is 5.73 Å². The molecular formula is C14H15Cl2N5O3. The minimum atomic E-state index is -0.595. The van der Waals surface area contributed by atoms with Gasteiger partial charge in [0, 0.05) is 30.9 Å². The number of aromatic nitrogens is 2. The lowest BCUT2D eigenvalue weighted by Crippen LogP contribution is -2.29. The zero-order chi connectivity index (χ0) is 17.9. The molecule has 1 atom stereocenters. The van der Waals surface area contributed by atoms with Gasteiger partial charge in [-0.25, -0.2) is 4.68 Å². The van der Waals surface area contributed by atoms with Crippen molar-refractivity contribution in [2.45, 2.75) is 19.4 Å². The molecule has 1 heterocycles. The Morgan fingerprint density at radius 3 is 2.62 bits per heavy atom. The summed E-state index contributed by atoms with van der Waals surface area (Å²) >= 11 is 12.1. The zero-order valence-corrected chi connectivity index (χ0v) is 14.2. The van der Waals surface area contributed by atoms with Gasteiger partial charge in [0.05, 0.1) is 15.0 Å². The zero-order valence-electron chi connectivity index (χ0n) is 12.7. The summed E-state index contributed by atoms with van der Waals surface area (Å²) in [5, 5.41) is 17.7. The number of nitrogens with two attached hydrogens (primary N) is 1. The number of nitro benzene ring substituents is 1. The van der Waals surface area contributed by atoms with E-state index in [1.165, 1.54) is 29.1 Å². The Labute approximate surface area is 147 Å². The van der Waals surface area contributed by atoms with E-state index >= 15 is 0 Å². The summed E-state index contributed by atoms with van der Waals surface area (Å²) in [6.07, 6.45) is 2.14. The second-order valence-corrected chi connectivity index (χ2v) is 6.00. The van der Waals surface area contributed by atoms with E-state index in [1.54, 1.807) is 0 Å². The highest BCUT2D eigenvalue weighted by Crippen LogP contribution is 2.32. The van der Waals surface area contributed by atoms with Gasteiger partial charge >= 0.3 is 0 Å². The number of hydrogen-bond acceptors (Lipinski definition) is 5. The van der Waals surface area contributed by atoms with Crippen LogP contribution in [0.5, 0.6) is 0 Å². The molecule has 0 saturated carbocycles. The molecule has 1 aromatic carbocycles. The van der Waals surface area contributed by atoms with Gasteiger partial charge in [-0.05, 0) is 19.4 Å². The van der Waals surface area contributed by atoms with Gasteiger partial charge in [-0.3, -0.25) is 14.9 Å². The van der Waals surface area contributed by atoms with Gasteiger partial charge in [0.2, 0.25) is 0 Å². The van der Waals surface area contributed by atoms with E-state index < -0.39 is 4.92 Å². The molecule has 0 fully saturated rings. The molecule has 0 aliphatic rings. The minimum Gasteiger partial charge on any atom is -0.351 e. The number of nitrogens with one attached hydrogen (secondary N) is 1. The highest BCUT2D eigenvalue weighted by molar-refractivity contribution is 6.38. The molecule has 8 nitrogen and oxygen atoms in total. The number of carbonyl (C=O) groups excluding carboxylic acids is 1. The number of nitro groups is 1. The van der Waals surface area contributed by atoms with Gasteiger partial charge in [-0.1, -0.05) is 23.2 Å². The van der Waals surface area contributed by atoms with Crippen LogP contribution in [0.1, 0.15) is 23.8 Å². The van der Waals surface area contributed by atoms with Crippen molar-refractivity contribution in [3.05, 3.63) is 50.2 Å². The van der Waals surface area contributed by atoms with Crippen LogP contribution in [0.2, 0.25) is 10.0 Å². The standard InChI is InChI=1S/C14H15Cl2N5O3/c1-8(17)2-4-18-14(22)12-3-5-20(19-12)13-10(15)6-9(21(23)24)7-11(13)16/h3,5-8H,2,4,17H2,1H3,(H,18,22). The highest BCUT2D eigenvalue weighted by atomic mass is 35.5. The van der Waals surface area contributed by atoms with E-state index in [1.807, 2.05) is 6.92 Å². The van der Waals surface area contributed by atoms with Crippen LogP contribution in [0, 0.1) is 10.1 Å². The third kappa shape index (κ3) is 4.22. The van der Waals surface area contributed by atoms with Crippen LogP contribution in [0.3, 0.4) is 0 Å². The fourth-order valence-electron chi connectivity index (χ4n) is 1.95. The Balaban J connectivity index is 2.22. The first kappa shape index (κ1) is 18.2. The Hall–Kier alpha value is -2.16. The van der Waals surface area contributed by atoms with Gasteiger partial charge in [-0.15, -0.1) is 0 Å². The first-order valence-corrected chi connectivity index (χ1v) is 7.78. The van der Waals surface area contributed by atoms with Crippen molar-refractivity contribution in [3.8, 4) is 5.69 Å². The largest absolute Gasteiger partial charge is 0.351 e. The van der Waals surface area contributed by atoms with Crippen molar-refractivity contribution >= 4 is 34.8 Å². The number of amides is 1. The Kier molecular flexibility index (Phi) is 5.76. The fraction of sp³-hybridized carbons (Fsp3) is 0.286. The van der Waals surface area contributed by atoms with Crippen molar-refractivity contribution in [3.63, 3.8) is 0 Å². The quantitative estimate of drug-likeness (QED) is 0.597. The number of non-ortho nitro benzene ring substituents is 1. The second-order valence-electron chi connectivity index (χ2n) is 5.18. The van der Waals surface area contributed by atoms with Gasteiger partial charge < -0.3 is 11.1 Å². The highest BCUT2D eigenvalue weighted by Gasteiger charge is 2.18. The van der Waals surface area contributed by atoms with E-state index in [4.69, 9.17) is 28.9 Å². The van der Waals surface area contributed by atoms with Crippen LogP contribution in [0.15, 0.2) is 24.4 Å². The van der Waals surface area contributed by atoms with E-state index in [0.29, 0.717) is 13.0 Å². The average Bonchev–Trinajstić information content (AvgIpc) is 2.95. The fourth-order valence-corrected chi connectivity index (χ4v) is 2.60. The first-order chi connectivity index (χ1) is 11.3. The molecule has 1 aromatic heterocycles. The number of nitrogens with zero attached hydrogens (tertiary/aromatic N) is 3. The number of halogens is 2. The molecular weight excluding hydrogens is 357 g/mol. The van der Waals surface area contributed by atoms with Gasteiger partial charge in [0.25, 0.3) is 11.6 Å². The molecule has 1 unspecified atom stereocenters. The lowest BCUT2D eigenvalue weighted by molar-refractivity contribution is -0.384. The SMILES string of the molecule is CC(N)CCNC(=O)c1ccn(-c2c(Cl)cc([N+](=O)[O-])cc2Cl)n1. The van der Waals surface area contributed by atoms with Crippen LogP contribution in [0.25, 0.3) is 5.69 Å². The normalized spacial score (nSPS) is 12.0. The van der Waals surface area contributed by atoms with Crippen molar-refractivity contribution in [2.75, 3.05) is 6.54 Å². The molecule has 0 radical (unpaired) electrons. The maximum absolute atomic E-state index is 12.0. The first-order valence-electron chi connectivity index (χ1n) is 7.03. The van der Waals surface area contributed by atoms with Crippen LogP contribution < -0.4 is 11.1 Å². The number of hydrogen-bond donors (Lipinski definition) is 2. The maximum Gasteiger partial charge on any atom is 0.272 e. The Bertz CT molecular complexity index is 753. The molecule has 0 spiro atoms. The topological polar surface area (TPSA) is 116 Å². The van der Waals surface area contributed by atoms with Gasteiger partial charge in [-0.2, -0.15) is 5.10 Å². The second kappa shape index (κ2) is 7.61. The van der Waals surface area contributed by atoms with Crippen molar-refractivity contribution < 1.29 is 9.72 Å². The Morgan fingerprint density at radius 1 is 1.46 bits per heavy atom. The van der Waals surface area contributed by atoms with Crippen LogP contribution in [-0.2, 0) is 0 Å². The lowest BCUT2D eigenvalue weighted by atomic mass is 10.2. The molecule has 3 N–H and O–H groups in total. The molecule has 1 amide bonds. The summed E-state index contributed by atoms with van der Waals surface area (Å²) in [5.74, 6) is -0.358. The predicted molar refractivity (Wildman–Crippen MR) is 90.8 cm³/mol. The van der Waals surface area contributed by atoms with Crippen LogP contribution in [-0.4, -0.2) is 33.2 Å². The molecule has 2 rings (SSSR count). The summed E-state index contributed by atoms with van der Waals surface area (Å²) in [5.41, 5.74) is 5.82. The third-order valence-electron chi connectivity index (χ3n) is 3.15. The predicted octanol–water partition coefficient (Wildman–Crippen LogP) is 2.55. The van der Waals surface area contributed by atoms with Crippen molar-refractivity contribution in [1.29, 1.82) is 0 Å². The maximum atomic E-state index is 12.0. The molecule has 128 valence electrons. The molecule has 0 aliphatic heterocycles. The van der Waals surface area contributed by atoms with Gasteiger partial charge in [0.15, 0.2) is 5.69 Å². The number of rotatable bonds is 6. The molecule has 0 bridgehead atoms. The molecule has 2 aromatic rings.